The van der Waals surface area contributed by atoms with Gasteiger partial charge in [-0.25, -0.2) is 9.59 Å². The molecular formula is C22H24N2O6. The maximum atomic E-state index is 12.9. The minimum atomic E-state index is -0.748. The van der Waals surface area contributed by atoms with Crippen LogP contribution in [0.2, 0.25) is 0 Å². The molecular weight excluding hydrogens is 388 g/mol. The molecule has 0 aliphatic carbocycles. The van der Waals surface area contributed by atoms with Crippen LogP contribution in [0.4, 0.5) is 4.79 Å². The molecule has 0 saturated carbocycles. The van der Waals surface area contributed by atoms with E-state index in [1.54, 1.807) is 57.4 Å². The van der Waals surface area contributed by atoms with E-state index in [4.69, 9.17) is 14.2 Å². The summed E-state index contributed by atoms with van der Waals surface area (Å²) in [5, 5.41) is 15.3. The normalized spacial score (nSPS) is 15.8. The summed E-state index contributed by atoms with van der Waals surface area (Å²) >= 11 is 0. The van der Waals surface area contributed by atoms with Gasteiger partial charge in [-0.15, -0.1) is 0 Å². The first-order valence-corrected chi connectivity index (χ1v) is 9.47. The number of aromatic hydroxyl groups is 1. The molecule has 0 radical (unpaired) electrons. The number of nitrogens with one attached hydrogen (secondary N) is 2. The second kappa shape index (κ2) is 9.21. The number of carbonyl (C=O) groups is 2. The topological polar surface area (TPSA) is 106 Å². The zero-order valence-corrected chi connectivity index (χ0v) is 17.0. The van der Waals surface area contributed by atoms with Crippen LogP contribution in [0.15, 0.2) is 53.7 Å². The summed E-state index contributed by atoms with van der Waals surface area (Å²) < 4.78 is 16.0. The standard InChI is InChI=1S/C22H24N2O6/c1-4-29-18-11-15(7-10-17(18)25)20-19(13(2)23-22(27)24-20)21(26)30-12-14-5-8-16(28-3)9-6-14/h5-11,20,25H,4,12H2,1-3H3,(H2,23,24,27)/t20-/m0/s1. The van der Waals surface area contributed by atoms with E-state index in [9.17, 15) is 14.7 Å². The molecule has 8 nitrogen and oxygen atoms in total. The number of allylic oxidation sites excluding steroid dienone is 1. The van der Waals surface area contributed by atoms with Crippen LogP contribution in [-0.2, 0) is 16.1 Å². The lowest BCUT2D eigenvalue weighted by atomic mass is 9.95. The summed E-state index contributed by atoms with van der Waals surface area (Å²) in [6, 6.07) is 10.7. The molecule has 1 aliphatic rings. The zero-order valence-electron chi connectivity index (χ0n) is 17.0. The van der Waals surface area contributed by atoms with Crippen molar-refractivity contribution in [1.29, 1.82) is 0 Å². The highest BCUT2D eigenvalue weighted by molar-refractivity contribution is 5.95. The van der Waals surface area contributed by atoms with Crippen molar-refractivity contribution in [2.75, 3.05) is 13.7 Å². The van der Waals surface area contributed by atoms with E-state index in [0.717, 1.165) is 5.56 Å². The van der Waals surface area contributed by atoms with Crippen LogP contribution in [0.5, 0.6) is 17.2 Å². The van der Waals surface area contributed by atoms with Crippen LogP contribution < -0.4 is 20.1 Å². The maximum Gasteiger partial charge on any atom is 0.338 e. The number of urea groups is 1. The molecule has 0 bridgehead atoms. The molecule has 3 rings (SSSR count). The van der Waals surface area contributed by atoms with E-state index in [-0.39, 0.29) is 23.7 Å². The van der Waals surface area contributed by atoms with Crippen LogP contribution in [0, 0.1) is 0 Å². The number of hydrogen-bond acceptors (Lipinski definition) is 6. The average Bonchev–Trinajstić information content (AvgIpc) is 2.73. The van der Waals surface area contributed by atoms with Gasteiger partial charge in [0.15, 0.2) is 11.5 Å². The van der Waals surface area contributed by atoms with Crippen LogP contribution >= 0.6 is 0 Å². The second-order valence-corrected chi connectivity index (χ2v) is 6.65. The molecule has 158 valence electrons. The lowest BCUT2D eigenvalue weighted by Crippen LogP contribution is -2.45. The number of carbonyl (C=O) groups excluding carboxylic acids is 2. The third-order valence-electron chi connectivity index (χ3n) is 4.64. The van der Waals surface area contributed by atoms with E-state index in [0.29, 0.717) is 23.6 Å². The third kappa shape index (κ3) is 4.65. The van der Waals surface area contributed by atoms with Crippen molar-refractivity contribution in [3.63, 3.8) is 0 Å². The van der Waals surface area contributed by atoms with E-state index in [1.807, 2.05) is 0 Å². The molecule has 1 aliphatic heterocycles. The van der Waals surface area contributed by atoms with E-state index < -0.39 is 18.0 Å². The predicted molar refractivity (Wildman–Crippen MR) is 109 cm³/mol. The average molecular weight is 412 g/mol. The fourth-order valence-corrected chi connectivity index (χ4v) is 3.14. The molecule has 2 aromatic carbocycles. The fourth-order valence-electron chi connectivity index (χ4n) is 3.14. The highest BCUT2D eigenvalue weighted by atomic mass is 16.5. The predicted octanol–water partition coefficient (Wildman–Crippen LogP) is 3.17. The van der Waals surface area contributed by atoms with Gasteiger partial charge in [0.05, 0.1) is 25.3 Å². The lowest BCUT2D eigenvalue weighted by Gasteiger charge is -2.28. The van der Waals surface area contributed by atoms with Gasteiger partial charge in [0.25, 0.3) is 0 Å². The van der Waals surface area contributed by atoms with Crippen LogP contribution in [0.3, 0.4) is 0 Å². The molecule has 1 heterocycles. The van der Waals surface area contributed by atoms with Crippen molar-refractivity contribution in [1.82, 2.24) is 10.6 Å². The minimum absolute atomic E-state index is 0.0230. The van der Waals surface area contributed by atoms with Crippen LogP contribution in [0.25, 0.3) is 0 Å². The molecule has 0 unspecified atom stereocenters. The highest BCUT2D eigenvalue weighted by Gasteiger charge is 2.32. The van der Waals surface area contributed by atoms with E-state index in [2.05, 4.69) is 10.6 Å². The van der Waals surface area contributed by atoms with Gasteiger partial charge < -0.3 is 30.0 Å². The number of benzene rings is 2. The van der Waals surface area contributed by atoms with Gasteiger partial charge in [-0.05, 0) is 49.2 Å². The Balaban J connectivity index is 1.84. The Labute approximate surface area is 174 Å². The Morgan fingerprint density at radius 1 is 1.17 bits per heavy atom. The Morgan fingerprint density at radius 2 is 1.90 bits per heavy atom. The third-order valence-corrected chi connectivity index (χ3v) is 4.64. The molecule has 30 heavy (non-hydrogen) atoms. The van der Waals surface area contributed by atoms with Crippen molar-refractivity contribution < 1.29 is 28.9 Å². The first-order valence-electron chi connectivity index (χ1n) is 9.47. The molecule has 0 fully saturated rings. The van der Waals surface area contributed by atoms with Gasteiger partial charge in [0, 0.05) is 5.70 Å². The first kappa shape index (κ1) is 21.0. The number of phenolic OH excluding ortho intramolecular Hbond substituents is 1. The second-order valence-electron chi connectivity index (χ2n) is 6.65. The Kier molecular flexibility index (Phi) is 6.46. The number of esters is 1. The Hall–Kier alpha value is -3.68. The fraction of sp³-hybridized carbons (Fsp3) is 0.273. The zero-order chi connectivity index (χ0) is 21.7. The number of methoxy groups -OCH3 is 1. The summed E-state index contributed by atoms with van der Waals surface area (Å²) in [6.07, 6.45) is 0. The number of ether oxygens (including phenoxy) is 3. The van der Waals surface area contributed by atoms with Crippen molar-refractivity contribution in [3.05, 3.63) is 64.9 Å². The van der Waals surface area contributed by atoms with Crippen LogP contribution in [-0.4, -0.2) is 30.8 Å². The van der Waals surface area contributed by atoms with Gasteiger partial charge in [0.1, 0.15) is 12.4 Å². The molecule has 0 saturated heterocycles. The number of phenols is 1. The van der Waals surface area contributed by atoms with Gasteiger partial charge in [-0.3, -0.25) is 0 Å². The van der Waals surface area contributed by atoms with E-state index >= 15 is 0 Å². The van der Waals surface area contributed by atoms with Gasteiger partial charge >= 0.3 is 12.0 Å². The minimum Gasteiger partial charge on any atom is -0.504 e. The Morgan fingerprint density at radius 3 is 2.57 bits per heavy atom. The van der Waals surface area contributed by atoms with Crippen molar-refractivity contribution in [2.24, 2.45) is 0 Å². The lowest BCUT2D eigenvalue weighted by molar-refractivity contribution is -0.140. The molecule has 0 spiro atoms. The van der Waals surface area contributed by atoms with E-state index in [1.165, 1.54) is 6.07 Å². The number of hydrogen-bond donors (Lipinski definition) is 3. The van der Waals surface area contributed by atoms with Gasteiger partial charge in [-0.2, -0.15) is 0 Å². The molecule has 8 heteroatoms. The smallest absolute Gasteiger partial charge is 0.338 e. The highest BCUT2D eigenvalue weighted by Crippen LogP contribution is 2.34. The summed E-state index contributed by atoms with van der Waals surface area (Å²) in [4.78, 5) is 24.9. The largest absolute Gasteiger partial charge is 0.504 e. The maximum absolute atomic E-state index is 12.9. The van der Waals surface area contributed by atoms with Crippen molar-refractivity contribution in [2.45, 2.75) is 26.5 Å². The van der Waals surface area contributed by atoms with Gasteiger partial charge in [-0.1, -0.05) is 18.2 Å². The SMILES string of the molecule is CCOc1cc([C@@H]2NC(=O)NC(C)=C2C(=O)OCc2ccc(OC)cc2)ccc1O. The summed E-state index contributed by atoms with van der Waals surface area (Å²) in [5.74, 6) is 0.392. The molecule has 3 N–H and O–H groups in total. The molecule has 0 aromatic heterocycles. The van der Waals surface area contributed by atoms with Crippen LogP contribution in [0.1, 0.15) is 31.0 Å². The van der Waals surface area contributed by atoms with Crippen molar-refractivity contribution >= 4 is 12.0 Å². The molecule has 1 atom stereocenters. The summed E-state index contributed by atoms with van der Waals surface area (Å²) in [5.41, 5.74) is 2.06. The molecule has 2 amide bonds. The summed E-state index contributed by atoms with van der Waals surface area (Å²) in [6.45, 7) is 3.87. The quantitative estimate of drug-likeness (QED) is 0.603. The monoisotopic (exact) mass is 412 g/mol. The van der Waals surface area contributed by atoms with Gasteiger partial charge in [0.2, 0.25) is 0 Å². The van der Waals surface area contributed by atoms with Crippen molar-refractivity contribution in [3.8, 4) is 17.2 Å². The molecule has 2 aromatic rings. The number of rotatable bonds is 7. The first-order chi connectivity index (χ1) is 14.4. The Bertz CT molecular complexity index is 968. The summed E-state index contributed by atoms with van der Waals surface area (Å²) in [7, 11) is 1.58. The number of amides is 2.